The molecule has 0 aliphatic rings. The zero-order valence-electron chi connectivity index (χ0n) is 16.8. The van der Waals surface area contributed by atoms with E-state index in [9.17, 15) is 9.59 Å². The molecule has 0 radical (unpaired) electrons. The van der Waals surface area contributed by atoms with Gasteiger partial charge in [0.1, 0.15) is 5.56 Å². The van der Waals surface area contributed by atoms with Gasteiger partial charge in [-0.15, -0.1) is 0 Å². The second kappa shape index (κ2) is 8.24. The number of carbonyl (C=O) groups excluding carboxylic acids is 1. The number of aryl methyl sites for hydroxylation is 3. The first-order valence-corrected chi connectivity index (χ1v) is 9.64. The van der Waals surface area contributed by atoms with E-state index in [1.807, 2.05) is 24.4 Å². The van der Waals surface area contributed by atoms with E-state index >= 15 is 0 Å². The number of carbonyl (C=O) groups is 1. The SMILES string of the molecule is COc1cccnc1NC(=O)c1c(C)ccn(CCc2c[nH]c3ccccc23)c1=O. The summed E-state index contributed by atoms with van der Waals surface area (Å²) in [6, 6.07) is 13.2. The van der Waals surface area contributed by atoms with Crippen LogP contribution >= 0.6 is 0 Å². The molecule has 2 N–H and O–H groups in total. The number of hydrogen-bond acceptors (Lipinski definition) is 4. The van der Waals surface area contributed by atoms with Gasteiger partial charge in [0.25, 0.3) is 11.5 Å². The highest BCUT2D eigenvalue weighted by Crippen LogP contribution is 2.21. The van der Waals surface area contributed by atoms with Crippen LogP contribution in [0.4, 0.5) is 5.82 Å². The zero-order chi connectivity index (χ0) is 21.1. The third-order valence-corrected chi connectivity index (χ3v) is 5.12. The number of nitrogens with zero attached hydrogens (tertiary/aromatic N) is 2. The van der Waals surface area contributed by atoms with Gasteiger partial charge in [-0.1, -0.05) is 18.2 Å². The van der Waals surface area contributed by atoms with Crippen LogP contribution in [-0.4, -0.2) is 27.6 Å². The lowest BCUT2D eigenvalue weighted by molar-refractivity contribution is 0.102. The monoisotopic (exact) mass is 402 g/mol. The summed E-state index contributed by atoms with van der Waals surface area (Å²) in [5.74, 6) is 0.202. The molecule has 0 aliphatic carbocycles. The van der Waals surface area contributed by atoms with E-state index in [1.54, 1.807) is 42.1 Å². The Morgan fingerprint density at radius 1 is 1.20 bits per heavy atom. The van der Waals surface area contributed by atoms with Gasteiger partial charge in [-0.25, -0.2) is 4.98 Å². The number of pyridine rings is 2. The van der Waals surface area contributed by atoms with Crippen molar-refractivity contribution in [3.8, 4) is 5.75 Å². The quantitative estimate of drug-likeness (QED) is 0.516. The van der Waals surface area contributed by atoms with Gasteiger partial charge in [-0.3, -0.25) is 9.59 Å². The van der Waals surface area contributed by atoms with E-state index < -0.39 is 5.91 Å². The number of aromatic amines is 1. The van der Waals surface area contributed by atoms with Crippen molar-refractivity contribution >= 4 is 22.6 Å². The normalized spacial score (nSPS) is 10.9. The minimum Gasteiger partial charge on any atom is -0.493 e. The molecule has 7 nitrogen and oxygen atoms in total. The van der Waals surface area contributed by atoms with Crippen molar-refractivity contribution in [2.75, 3.05) is 12.4 Å². The van der Waals surface area contributed by atoms with E-state index in [2.05, 4.69) is 21.4 Å². The van der Waals surface area contributed by atoms with Crippen molar-refractivity contribution in [2.24, 2.45) is 0 Å². The number of hydrogen-bond donors (Lipinski definition) is 2. The maximum absolute atomic E-state index is 13.0. The Morgan fingerprint density at radius 3 is 2.87 bits per heavy atom. The van der Waals surface area contributed by atoms with Gasteiger partial charge in [0.05, 0.1) is 7.11 Å². The van der Waals surface area contributed by atoms with Gasteiger partial charge in [0.2, 0.25) is 0 Å². The number of aromatic nitrogens is 3. The number of anilines is 1. The molecule has 0 fully saturated rings. The Bertz CT molecular complexity index is 1270. The highest BCUT2D eigenvalue weighted by Gasteiger charge is 2.18. The van der Waals surface area contributed by atoms with Gasteiger partial charge in [0, 0.05) is 36.0 Å². The summed E-state index contributed by atoms with van der Waals surface area (Å²) in [7, 11) is 1.50. The molecule has 0 atom stereocenters. The van der Waals surface area contributed by atoms with Gasteiger partial charge in [0.15, 0.2) is 11.6 Å². The average molecular weight is 402 g/mol. The molecule has 1 amide bonds. The van der Waals surface area contributed by atoms with Crippen LogP contribution in [0.5, 0.6) is 5.75 Å². The first-order valence-electron chi connectivity index (χ1n) is 9.64. The highest BCUT2D eigenvalue weighted by molar-refractivity contribution is 6.05. The molecule has 0 aliphatic heterocycles. The Balaban J connectivity index is 1.59. The molecule has 4 rings (SSSR count). The van der Waals surface area contributed by atoms with Crippen molar-refractivity contribution in [1.29, 1.82) is 0 Å². The van der Waals surface area contributed by atoms with Crippen LogP contribution in [0.2, 0.25) is 0 Å². The molecule has 0 unspecified atom stereocenters. The fraction of sp³-hybridized carbons (Fsp3) is 0.174. The molecule has 0 spiro atoms. The third-order valence-electron chi connectivity index (χ3n) is 5.12. The minimum atomic E-state index is -0.504. The summed E-state index contributed by atoms with van der Waals surface area (Å²) in [5, 5.41) is 3.82. The first kappa shape index (κ1) is 19.4. The molecule has 152 valence electrons. The molecule has 4 aromatic rings. The topological polar surface area (TPSA) is 89.0 Å². The molecule has 30 heavy (non-hydrogen) atoms. The van der Waals surface area contributed by atoms with E-state index in [0.29, 0.717) is 24.3 Å². The van der Waals surface area contributed by atoms with E-state index in [-0.39, 0.29) is 16.9 Å². The van der Waals surface area contributed by atoms with Crippen LogP contribution < -0.4 is 15.6 Å². The third kappa shape index (κ3) is 3.69. The largest absolute Gasteiger partial charge is 0.493 e. The van der Waals surface area contributed by atoms with Crippen molar-refractivity contribution in [1.82, 2.24) is 14.5 Å². The lowest BCUT2D eigenvalue weighted by Gasteiger charge is -2.12. The van der Waals surface area contributed by atoms with Gasteiger partial charge < -0.3 is 19.6 Å². The Morgan fingerprint density at radius 2 is 2.03 bits per heavy atom. The lowest BCUT2D eigenvalue weighted by atomic mass is 10.1. The number of rotatable bonds is 6. The fourth-order valence-corrected chi connectivity index (χ4v) is 3.52. The summed E-state index contributed by atoms with van der Waals surface area (Å²) < 4.78 is 6.79. The van der Waals surface area contributed by atoms with Crippen molar-refractivity contribution in [3.05, 3.63) is 88.1 Å². The van der Waals surface area contributed by atoms with Crippen LogP contribution in [0.15, 0.2) is 65.8 Å². The van der Waals surface area contributed by atoms with Crippen LogP contribution in [-0.2, 0) is 13.0 Å². The van der Waals surface area contributed by atoms with Crippen molar-refractivity contribution < 1.29 is 9.53 Å². The molecule has 3 heterocycles. The number of ether oxygens (including phenoxy) is 1. The second-order valence-corrected chi connectivity index (χ2v) is 6.99. The Labute approximate surface area is 173 Å². The Kier molecular flexibility index (Phi) is 5.34. The number of nitrogens with one attached hydrogen (secondary N) is 2. The lowest BCUT2D eigenvalue weighted by Crippen LogP contribution is -2.30. The molecule has 0 saturated carbocycles. The predicted octanol–water partition coefficient (Wildman–Crippen LogP) is 3.54. The first-order chi connectivity index (χ1) is 14.6. The number of amides is 1. The zero-order valence-corrected chi connectivity index (χ0v) is 16.8. The van der Waals surface area contributed by atoms with E-state index in [0.717, 1.165) is 16.5 Å². The summed E-state index contributed by atoms with van der Waals surface area (Å²) in [6.07, 6.45) is 5.91. The Hall–Kier alpha value is -3.87. The molecule has 3 aromatic heterocycles. The molecular formula is C23H22N4O3. The summed E-state index contributed by atoms with van der Waals surface area (Å²) in [5.41, 5.74) is 2.57. The van der Waals surface area contributed by atoms with Gasteiger partial charge in [-0.05, 0) is 48.7 Å². The summed E-state index contributed by atoms with van der Waals surface area (Å²) in [4.78, 5) is 33.3. The highest BCUT2D eigenvalue weighted by atomic mass is 16.5. The summed E-state index contributed by atoms with van der Waals surface area (Å²) >= 11 is 0. The second-order valence-electron chi connectivity index (χ2n) is 6.99. The molecule has 1 aromatic carbocycles. The maximum Gasteiger partial charge on any atom is 0.263 e. The van der Waals surface area contributed by atoms with Crippen molar-refractivity contribution in [3.63, 3.8) is 0 Å². The number of H-pyrrole nitrogens is 1. The molecule has 0 saturated heterocycles. The fourth-order valence-electron chi connectivity index (χ4n) is 3.52. The van der Waals surface area contributed by atoms with E-state index in [4.69, 9.17) is 4.74 Å². The van der Waals surface area contributed by atoms with Crippen LogP contribution in [0.3, 0.4) is 0 Å². The maximum atomic E-state index is 13.0. The molecule has 0 bridgehead atoms. The average Bonchev–Trinajstić information content (AvgIpc) is 3.17. The van der Waals surface area contributed by atoms with E-state index in [1.165, 1.54) is 7.11 Å². The summed E-state index contributed by atoms with van der Waals surface area (Å²) in [6.45, 7) is 2.21. The van der Waals surface area contributed by atoms with Crippen LogP contribution in [0, 0.1) is 6.92 Å². The minimum absolute atomic E-state index is 0.101. The predicted molar refractivity (Wildman–Crippen MR) is 116 cm³/mol. The van der Waals surface area contributed by atoms with Crippen LogP contribution in [0.1, 0.15) is 21.5 Å². The number of methoxy groups -OCH3 is 1. The van der Waals surface area contributed by atoms with Gasteiger partial charge >= 0.3 is 0 Å². The number of para-hydroxylation sites is 1. The van der Waals surface area contributed by atoms with Gasteiger partial charge in [-0.2, -0.15) is 0 Å². The smallest absolute Gasteiger partial charge is 0.263 e. The van der Waals surface area contributed by atoms with Crippen molar-refractivity contribution in [2.45, 2.75) is 19.9 Å². The number of fused-ring (bicyclic) bond motifs is 1. The standard InChI is InChI=1S/C23H22N4O3/c1-15-9-12-27(13-10-16-14-25-18-7-4-3-6-17(16)18)23(29)20(15)22(28)26-21-19(30-2)8-5-11-24-21/h3-9,11-12,14,25H,10,13H2,1-2H3,(H,24,26,28). The number of benzene rings is 1. The molecular weight excluding hydrogens is 380 g/mol. The molecule has 7 heteroatoms. The van der Waals surface area contributed by atoms with Crippen LogP contribution in [0.25, 0.3) is 10.9 Å².